The first kappa shape index (κ1) is 25.4. The lowest BCUT2D eigenvalue weighted by Crippen LogP contribution is -2.07. The first-order chi connectivity index (χ1) is 18.1. The molecule has 38 heavy (non-hydrogen) atoms. The number of benzene rings is 3. The number of ether oxygens (including phenoxy) is 2. The van der Waals surface area contributed by atoms with Gasteiger partial charge in [0.2, 0.25) is 11.8 Å². The van der Waals surface area contributed by atoms with Crippen molar-refractivity contribution in [2.75, 3.05) is 0 Å². The molecule has 0 amide bonds. The highest BCUT2D eigenvalue weighted by Crippen LogP contribution is 2.28. The zero-order valence-electron chi connectivity index (χ0n) is 18.6. The summed E-state index contributed by atoms with van der Waals surface area (Å²) in [5, 5.41) is -0.366. The third-order valence-electron chi connectivity index (χ3n) is 5.26. The van der Waals surface area contributed by atoms with Crippen LogP contribution < -0.4 is 0 Å². The highest BCUT2D eigenvalue weighted by molar-refractivity contribution is 6.35. The van der Waals surface area contributed by atoms with E-state index in [1.165, 1.54) is 12.2 Å². The van der Waals surface area contributed by atoms with E-state index in [0.717, 1.165) is 24.3 Å². The molecule has 2 heterocycles. The summed E-state index contributed by atoms with van der Waals surface area (Å²) in [7, 11) is 0. The van der Waals surface area contributed by atoms with Crippen molar-refractivity contribution in [2.45, 2.75) is 0 Å². The van der Waals surface area contributed by atoms with Crippen molar-refractivity contribution in [2.24, 2.45) is 9.98 Å². The van der Waals surface area contributed by atoms with Gasteiger partial charge >= 0.3 is 11.9 Å². The van der Waals surface area contributed by atoms with Crippen LogP contribution in [0.3, 0.4) is 0 Å². The van der Waals surface area contributed by atoms with Gasteiger partial charge in [-0.2, -0.15) is 0 Å². The molecule has 0 N–H and O–H groups in total. The molecular formula is C26H10Cl2F4N2O4. The number of carbonyl (C=O) groups excluding carboxylic acids is 2. The van der Waals surface area contributed by atoms with Gasteiger partial charge in [0, 0.05) is 0 Å². The van der Waals surface area contributed by atoms with Crippen molar-refractivity contribution in [1.29, 1.82) is 0 Å². The molecule has 5 rings (SSSR count). The van der Waals surface area contributed by atoms with Crippen LogP contribution in [0.1, 0.15) is 22.3 Å². The molecule has 0 unspecified atom stereocenters. The highest BCUT2D eigenvalue weighted by Gasteiger charge is 2.28. The first-order valence-corrected chi connectivity index (χ1v) is 11.3. The molecule has 190 valence electrons. The molecule has 0 saturated heterocycles. The number of cyclic esters (lactones) is 2. The van der Waals surface area contributed by atoms with E-state index in [1.54, 1.807) is 24.3 Å². The minimum atomic E-state index is -1.18. The smallest absolute Gasteiger partial charge is 0.363 e. The molecule has 2 aliphatic rings. The summed E-state index contributed by atoms with van der Waals surface area (Å²) >= 11 is 11.8. The Labute approximate surface area is 221 Å². The van der Waals surface area contributed by atoms with Gasteiger partial charge < -0.3 is 9.47 Å². The van der Waals surface area contributed by atoms with E-state index in [1.807, 2.05) is 0 Å². The Hall–Kier alpha value is -4.28. The minimum absolute atomic E-state index is 0.0858. The number of hydrogen-bond acceptors (Lipinski definition) is 6. The molecule has 0 atom stereocenters. The third-order valence-corrected chi connectivity index (χ3v) is 5.89. The molecule has 2 aliphatic heterocycles. The Balaban J connectivity index is 1.38. The quantitative estimate of drug-likeness (QED) is 0.164. The fourth-order valence-corrected chi connectivity index (χ4v) is 3.89. The van der Waals surface area contributed by atoms with Crippen LogP contribution in [0, 0.1) is 23.3 Å². The second-order valence-electron chi connectivity index (χ2n) is 7.83. The zero-order chi connectivity index (χ0) is 27.1. The van der Waals surface area contributed by atoms with Crippen LogP contribution >= 0.6 is 23.2 Å². The minimum Gasteiger partial charge on any atom is -0.402 e. The monoisotopic (exact) mass is 560 g/mol. The number of nitrogens with zero attached hydrogens (tertiary/aromatic N) is 2. The highest BCUT2D eigenvalue weighted by atomic mass is 35.5. The Morgan fingerprint density at radius 1 is 0.605 bits per heavy atom. The van der Waals surface area contributed by atoms with Gasteiger partial charge in [0.1, 0.15) is 0 Å². The zero-order valence-corrected chi connectivity index (χ0v) is 20.1. The summed E-state index contributed by atoms with van der Waals surface area (Å²) in [4.78, 5) is 32.5. The van der Waals surface area contributed by atoms with E-state index >= 15 is 0 Å². The van der Waals surface area contributed by atoms with Crippen molar-refractivity contribution in [3.05, 3.63) is 115 Å². The molecular weight excluding hydrogens is 551 g/mol. The summed E-state index contributed by atoms with van der Waals surface area (Å²) in [6.07, 6.45) is 2.79. The van der Waals surface area contributed by atoms with E-state index in [9.17, 15) is 27.2 Å². The standard InChI is InChI=1S/C26H10Cl2F4N2O4/c27-15-9-19(31)17(29)7-13(15)23-33-21(25(35)37-23)5-11-1-2-12(4-3-11)6-22-26(36)38-24(34-22)14-8-18(30)20(32)10-16(14)28/h1-10H. The summed E-state index contributed by atoms with van der Waals surface area (Å²) in [6.45, 7) is 0. The third kappa shape index (κ3) is 4.96. The van der Waals surface area contributed by atoms with Gasteiger partial charge in [-0.1, -0.05) is 47.5 Å². The predicted molar refractivity (Wildman–Crippen MR) is 130 cm³/mol. The van der Waals surface area contributed by atoms with Crippen LogP contribution in [0.15, 0.2) is 69.9 Å². The lowest BCUT2D eigenvalue weighted by Gasteiger charge is -2.03. The maximum atomic E-state index is 13.6. The van der Waals surface area contributed by atoms with Crippen LogP contribution in [-0.4, -0.2) is 23.7 Å². The van der Waals surface area contributed by atoms with Gasteiger partial charge in [-0.25, -0.2) is 37.1 Å². The Bertz CT molecular complexity index is 1540. The number of aliphatic imine (C=N–C) groups is 2. The molecule has 0 bridgehead atoms. The number of hydrogen-bond donors (Lipinski definition) is 0. The van der Waals surface area contributed by atoms with Crippen LogP contribution in [0.4, 0.5) is 17.6 Å². The molecule has 0 radical (unpaired) electrons. The molecule has 0 aromatic heterocycles. The number of halogens is 6. The molecule has 0 fully saturated rings. The summed E-state index contributed by atoms with van der Waals surface area (Å²) in [5.74, 6) is -6.87. The lowest BCUT2D eigenvalue weighted by atomic mass is 10.1. The Kier molecular flexibility index (Phi) is 6.60. The maximum absolute atomic E-state index is 13.6. The van der Waals surface area contributed by atoms with E-state index in [4.69, 9.17) is 32.7 Å². The summed E-state index contributed by atoms with van der Waals surface area (Å²) < 4.78 is 63.9. The fourth-order valence-electron chi connectivity index (χ4n) is 3.43. The van der Waals surface area contributed by atoms with Gasteiger partial charge in [-0.15, -0.1) is 0 Å². The van der Waals surface area contributed by atoms with Crippen molar-refractivity contribution in [3.63, 3.8) is 0 Å². The molecule has 0 spiro atoms. The topological polar surface area (TPSA) is 77.3 Å². The van der Waals surface area contributed by atoms with Gasteiger partial charge in [-0.05, 0) is 47.5 Å². The number of esters is 2. The predicted octanol–water partition coefficient (Wildman–Crippen LogP) is 6.24. The van der Waals surface area contributed by atoms with Gasteiger partial charge in [0.05, 0.1) is 21.2 Å². The van der Waals surface area contributed by atoms with Crippen LogP contribution in [0.2, 0.25) is 10.0 Å². The van der Waals surface area contributed by atoms with Crippen molar-refractivity contribution in [1.82, 2.24) is 0 Å². The largest absolute Gasteiger partial charge is 0.402 e. The van der Waals surface area contributed by atoms with Crippen LogP contribution in [0.5, 0.6) is 0 Å². The molecule has 3 aromatic carbocycles. The Morgan fingerprint density at radius 3 is 1.32 bits per heavy atom. The first-order valence-electron chi connectivity index (χ1n) is 10.5. The molecule has 0 saturated carbocycles. The van der Waals surface area contributed by atoms with Crippen LogP contribution in [-0.2, 0) is 19.1 Å². The van der Waals surface area contributed by atoms with Gasteiger partial charge in [0.25, 0.3) is 0 Å². The SMILES string of the molecule is O=C1OC(c2cc(F)c(F)cc2Cl)=NC1=Cc1ccc(C=C2N=C(c3cc(F)c(F)cc3Cl)OC2=O)cc1. The second kappa shape index (κ2) is 9.88. The summed E-state index contributed by atoms with van der Waals surface area (Å²) in [5.41, 5.74) is 0.655. The average Bonchev–Trinajstić information content (AvgIpc) is 3.41. The molecule has 6 nitrogen and oxygen atoms in total. The van der Waals surface area contributed by atoms with Gasteiger partial charge in [0.15, 0.2) is 34.7 Å². The average molecular weight is 561 g/mol. The normalized spacial score (nSPS) is 17.1. The Morgan fingerprint density at radius 2 is 0.947 bits per heavy atom. The molecule has 12 heteroatoms. The van der Waals surface area contributed by atoms with Crippen molar-refractivity contribution < 1.29 is 36.6 Å². The maximum Gasteiger partial charge on any atom is 0.363 e. The van der Waals surface area contributed by atoms with Gasteiger partial charge in [-0.3, -0.25) is 0 Å². The van der Waals surface area contributed by atoms with Crippen molar-refractivity contribution in [3.8, 4) is 0 Å². The summed E-state index contributed by atoms with van der Waals surface area (Å²) in [6, 6.07) is 9.44. The van der Waals surface area contributed by atoms with E-state index < -0.39 is 35.2 Å². The lowest BCUT2D eigenvalue weighted by molar-refractivity contribution is -0.130. The molecule has 3 aromatic rings. The van der Waals surface area contributed by atoms with Crippen LogP contribution in [0.25, 0.3) is 12.2 Å². The second-order valence-corrected chi connectivity index (χ2v) is 8.65. The van der Waals surface area contributed by atoms with E-state index in [2.05, 4.69) is 9.98 Å². The molecule has 0 aliphatic carbocycles. The fraction of sp³-hybridized carbons (Fsp3) is 0. The van der Waals surface area contributed by atoms with Crippen molar-refractivity contribution >= 4 is 59.1 Å². The van der Waals surface area contributed by atoms with E-state index in [0.29, 0.717) is 11.1 Å². The number of carbonyl (C=O) groups is 2. The van der Waals surface area contributed by atoms with E-state index in [-0.39, 0.29) is 44.4 Å². The number of rotatable bonds is 4.